The molecule has 1 atom stereocenters. The fourth-order valence-electron chi connectivity index (χ4n) is 2.11. The highest BCUT2D eigenvalue weighted by atomic mass is 32.2. The van der Waals surface area contributed by atoms with Gasteiger partial charge in [0.1, 0.15) is 5.69 Å². The van der Waals surface area contributed by atoms with Crippen LogP contribution in [0.2, 0.25) is 0 Å². The van der Waals surface area contributed by atoms with Crippen LogP contribution in [0.25, 0.3) is 0 Å². The van der Waals surface area contributed by atoms with E-state index in [4.69, 9.17) is 0 Å². The molecule has 0 aliphatic carbocycles. The van der Waals surface area contributed by atoms with Crippen LogP contribution in [0.1, 0.15) is 16.9 Å². The van der Waals surface area contributed by atoms with Crippen molar-refractivity contribution in [2.24, 2.45) is 0 Å². The Kier molecular flexibility index (Phi) is 4.33. The third-order valence-corrected chi connectivity index (χ3v) is 4.51. The number of aromatic nitrogens is 1. The fraction of sp³-hybridized carbons (Fsp3) is 0.133. The topological polar surface area (TPSA) is 103 Å². The number of carbonyl (C=O) groups excluding carboxylic acids is 3. The Balaban J connectivity index is 1.54. The summed E-state index contributed by atoms with van der Waals surface area (Å²) in [7, 11) is 0. The summed E-state index contributed by atoms with van der Waals surface area (Å²) in [6.07, 6.45) is 1.58. The summed E-state index contributed by atoms with van der Waals surface area (Å²) in [5, 5.41) is 2.24. The minimum Gasteiger partial charge on any atom is -0.357 e. The molecule has 0 fully saturated rings. The van der Waals surface area contributed by atoms with Crippen LogP contribution in [0.15, 0.2) is 47.5 Å². The molecular weight excluding hydrogens is 316 g/mol. The van der Waals surface area contributed by atoms with Gasteiger partial charge < -0.3 is 10.3 Å². The van der Waals surface area contributed by atoms with Crippen molar-refractivity contribution in [1.29, 1.82) is 0 Å². The Bertz CT molecular complexity index is 745. The van der Waals surface area contributed by atoms with Crippen LogP contribution in [-0.4, -0.2) is 28.0 Å². The molecule has 4 N–H and O–H groups in total. The van der Waals surface area contributed by atoms with Crippen LogP contribution in [0.4, 0.5) is 5.69 Å². The number of hydrogen-bond acceptors (Lipinski definition) is 4. The molecule has 1 aromatic carbocycles. The predicted octanol–water partition coefficient (Wildman–Crippen LogP) is 1.28. The fourth-order valence-corrected chi connectivity index (χ4v) is 3.22. The second-order valence-electron chi connectivity index (χ2n) is 4.88. The number of amides is 3. The summed E-state index contributed by atoms with van der Waals surface area (Å²) in [5.74, 6) is -1.11. The molecule has 23 heavy (non-hydrogen) atoms. The zero-order valence-electron chi connectivity index (χ0n) is 12.0. The number of fused-ring (bicyclic) bond motifs is 1. The number of H-pyrrole nitrogens is 1. The first-order chi connectivity index (χ1) is 11.1. The Morgan fingerprint density at radius 3 is 2.74 bits per heavy atom. The van der Waals surface area contributed by atoms with E-state index in [9.17, 15) is 14.4 Å². The van der Waals surface area contributed by atoms with Gasteiger partial charge >= 0.3 is 0 Å². The first-order valence-electron chi connectivity index (χ1n) is 6.92. The number of carbonyl (C=O) groups is 3. The van der Waals surface area contributed by atoms with Gasteiger partial charge in [0.2, 0.25) is 11.8 Å². The van der Waals surface area contributed by atoms with Gasteiger partial charge in [-0.3, -0.25) is 25.2 Å². The molecule has 0 spiro atoms. The minimum absolute atomic E-state index is 0.0319. The van der Waals surface area contributed by atoms with E-state index in [1.54, 1.807) is 18.3 Å². The molecule has 0 radical (unpaired) electrons. The van der Waals surface area contributed by atoms with Gasteiger partial charge in [-0.1, -0.05) is 12.1 Å². The molecule has 2 aromatic rings. The normalized spacial score (nSPS) is 16.2. The van der Waals surface area contributed by atoms with Crippen LogP contribution >= 0.6 is 11.8 Å². The van der Waals surface area contributed by atoms with Gasteiger partial charge in [0.05, 0.1) is 10.9 Å². The number of hydrogen-bond donors (Lipinski definition) is 4. The summed E-state index contributed by atoms with van der Waals surface area (Å²) in [6.45, 7) is 0. The monoisotopic (exact) mass is 330 g/mol. The summed E-state index contributed by atoms with van der Waals surface area (Å²) in [4.78, 5) is 39.3. The van der Waals surface area contributed by atoms with Gasteiger partial charge in [0.25, 0.3) is 5.91 Å². The number of hydrazine groups is 1. The first-order valence-corrected chi connectivity index (χ1v) is 7.80. The molecule has 118 valence electrons. The SMILES string of the molecule is O=C(C[C@H]1Sc2ccccc2NC1=O)NNC(=O)c1ccc[nH]1. The molecule has 3 amide bonds. The lowest BCUT2D eigenvalue weighted by molar-refractivity contribution is -0.124. The third kappa shape index (κ3) is 3.54. The lowest BCUT2D eigenvalue weighted by atomic mass is 10.2. The molecule has 2 heterocycles. The molecule has 7 nitrogen and oxygen atoms in total. The number of aromatic amines is 1. The zero-order valence-corrected chi connectivity index (χ0v) is 12.8. The number of rotatable bonds is 3. The van der Waals surface area contributed by atoms with Gasteiger partial charge in [-0.05, 0) is 24.3 Å². The maximum Gasteiger partial charge on any atom is 0.286 e. The molecule has 0 saturated heterocycles. The van der Waals surface area contributed by atoms with Crippen LogP contribution in [0, 0.1) is 0 Å². The Morgan fingerprint density at radius 2 is 1.96 bits per heavy atom. The molecule has 8 heteroatoms. The van der Waals surface area contributed by atoms with E-state index in [1.807, 2.05) is 24.3 Å². The minimum atomic E-state index is -0.535. The Labute approximate surface area is 136 Å². The summed E-state index contributed by atoms with van der Waals surface area (Å²) in [5.41, 5.74) is 5.69. The number of thioether (sulfide) groups is 1. The van der Waals surface area contributed by atoms with Gasteiger partial charge in [-0.25, -0.2) is 0 Å². The van der Waals surface area contributed by atoms with E-state index in [0.717, 1.165) is 10.6 Å². The largest absolute Gasteiger partial charge is 0.357 e. The van der Waals surface area contributed by atoms with Crippen LogP contribution in [0.5, 0.6) is 0 Å². The molecule has 3 rings (SSSR count). The summed E-state index contributed by atoms with van der Waals surface area (Å²) < 4.78 is 0. The standard InChI is InChI=1S/C15H14N4O3S/c20-13(18-19-14(21)10-5-3-7-16-10)8-12-15(22)17-9-4-1-2-6-11(9)23-12/h1-7,12,16H,8H2,(H,17,22)(H,18,20)(H,19,21)/t12-/m1/s1. The Hall–Kier alpha value is -2.74. The highest BCUT2D eigenvalue weighted by Gasteiger charge is 2.28. The highest BCUT2D eigenvalue weighted by molar-refractivity contribution is 8.01. The molecule has 0 unspecified atom stereocenters. The average Bonchev–Trinajstić information content (AvgIpc) is 3.08. The Morgan fingerprint density at radius 1 is 1.13 bits per heavy atom. The first kappa shape index (κ1) is 15.2. The van der Waals surface area contributed by atoms with E-state index >= 15 is 0 Å². The molecule has 1 aromatic heterocycles. The molecule has 1 aliphatic rings. The third-order valence-electron chi connectivity index (χ3n) is 3.24. The zero-order chi connectivity index (χ0) is 16.2. The van der Waals surface area contributed by atoms with E-state index in [0.29, 0.717) is 5.69 Å². The van der Waals surface area contributed by atoms with Crippen molar-refractivity contribution >= 4 is 35.2 Å². The average molecular weight is 330 g/mol. The summed E-state index contributed by atoms with van der Waals surface area (Å²) in [6, 6.07) is 10.7. The maximum absolute atomic E-state index is 12.0. The smallest absolute Gasteiger partial charge is 0.286 e. The van der Waals surface area contributed by atoms with Crippen molar-refractivity contribution in [3.63, 3.8) is 0 Å². The highest BCUT2D eigenvalue weighted by Crippen LogP contribution is 2.36. The van der Waals surface area contributed by atoms with Gasteiger partial charge in [0.15, 0.2) is 0 Å². The molecule has 0 saturated carbocycles. The quantitative estimate of drug-likeness (QED) is 0.637. The van der Waals surface area contributed by atoms with Gasteiger partial charge in [0, 0.05) is 17.5 Å². The van der Waals surface area contributed by atoms with Crippen molar-refractivity contribution < 1.29 is 14.4 Å². The molecule has 1 aliphatic heterocycles. The number of nitrogens with one attached hydrogen (secondary N) is 4. The van der Waals surface area contributed by atoms with E-state index < -0.39 is 17.1 Å². The van der Waals surface area contributed by atoms with Gasteiger partial charge in [-0.15, -0.1) is 11.8 Å². The van der Waals surface area contributed by atoms with Crippen LogP contribution in [0.3, 0.4) is 0 Å². The van der Waals surface area contributed by atoms with E-state index in [2.05, 4.69) is 21.2 Å². The van der Waals surface area contributed by atoms with Gasteiger partial charge in [-0.2, -0.15) is 0 Å². The van der Waals surface area contributed by atoms with Crippen molar-refractivity contribution in [3.05, 3.63) is 48.3 Å². The van der Waals surface area contributed by atoms with Crippen molar-refractivity contribution in [3.8, 4) is 0 Å². The van der Waals surface area contributed by atoms with E-state index in [1.165, 1.54) is 11.8 Å². The van der Waals surface area contributed by atoms with Crippen LogP contribution in [-0.2, 0) is 9.59 Å². The summed E-state index contributed by atoms with van der Waals surface area (Å²) >= 11 is 1.33. The van der Waals surface area contributed by atoms with Crippen LogP contribution < -0.4 is 16.2 Å². The predicted molar refractivity (Wildman–Crippen MR) is 85.7 cm³/mol. The molecule has 0 bridgehead atoms. The number of benzene rings is 1. The van der Waals surface area contributed by atoms with Crippen molar-refractivity contribution in [1.82, 2.24) is 15.8 Å². The van der Waals surface area contributed by atoms with Crippen molar-refractivity contribution in [2.45, 2.75) is 16.6 Å². The number of para-hydroxylation sites is 1. The lowest BCUT2D eigenvalue weighted by Gasteiger charge is -2.23. The van der Waals surface area contributed by atoms with Crippen molar-refractivity contribution in [2.75, 3.05) is 5.32 Å². The lowest BCUT2D eigenvalue weighted by Crippen LogP contribution is -2.44. The molecular formula is C15H14N4O3S. The number of anilines is 1. The van der Waals surface area contributed by atoms with E-state index in [-0.39, 0.29) is 12.3 Å². The second-order valence-corrected chi connectivity index (χ2v) is 6.13. The second kappa shape index (κ2) is 6.57. The maximum atomic E-state index is 12.0.